The van der Waals surface area contributed by atoms with E-state index in [4.69, 9.17) is 18.0 Å². The minimum Gasteiger partial charge on any atom is -0.389 e. The van der Waals surface area contributed by atoms with Crippen LogP contribution in [0.5, 0.6) is 0 Å². The Morgan fingerprint density at radius 2 is 2.00 bits per heavy atom. The Morgan fingerprint density at radius 1 is 1.35 bits per heavy atom. The van der Waals surface area contributed by atoms with Crippen LogP contribution in [0.15, 0.2) is 18.3 Å². The van der Waals surface area contributed by atoms with Gasteiger partial charge in [-0.05, 0) is 32.9 Å². The van der Waals surface area contributed by atoms with Gasteiger partial charge >= 0.3 is 0 Å². The predicted octanol–water partition coefficient (Wildman–Crippen LogP) is 0.360. The summed E-state index contributed by atoms with van der Waals surface area (Å²) in [5.74, 6) is -0.686. The average Bonchev–Trinajstić information content (AvgIpc) is 2.34. The summed E-state index contributed by atoms with van der Waals surface area (Å²) in [6.07, 6.45) is 1.42. The van der Waals surface area contributed by atoms with Crippen LogP contribution in [-0.2, 0) is 4.79 Å². The molecule has 1 aromatic rings. The van der Waals surface area contributed by atoms with Gasteiger partial charge in [0.05, 0.1) is 6.54 Å². The molecule has 0 saturated heterocycles. The molecule has 0 bridgehead atoms. The van der Waals surface area contributed by atoms with E-state index in [1.54, 1.807) is 6.07 Å². The summed E-state index contributed by atoms with van der Waals surface area (Å²) in [6, 6.07) is 3.12. The van der Waals surface area contributed by atoms with Crippen molar-refractivity contribution in [1.82, 2.24) is 15.6 Å². The van der Waals surface area contributed by atoms with E-state index in [1.165, 1.54) is 12.3 Å². The fraction of sp³-hybridized carbons (Fsp3) is 0.385. The van der Waals surface area contributed by atoms with Gasteiger partial charge in [0.1, 0.15) is 10.7 Å². The SMILES string of the molecule is CC(C)(C)NC(=O)CNC(=O)c1ccc(C(N)=S)cn1. The maximum Gasteiger partial charge on any atom is 0.270 e. The van der Waals surface area contributed by atoms with Crippen LogP contribution in [-0.4, -0.2) is 33.9 Å². The van der Waals surface area contributed by atoms with E-state index in [0.717, 1.165) is 0 Å². The Labute approximate surface area is 123 Å². The summed E-state index contributed by atoms with van der Waals surface area (Å²) >= 11 is 4.79. The molecule has 0 atom stereocenters. The number of pyridine rings is 1. The number of aromatic nitrogens is 1. The summed E-state index contributed by atoms with van der Waals surface area (Å²) in [6.45, 7) is 5.49. The summed E-state index contributed by atoms with van der Waals surface area (Å²) in [5, 5.41) is 5.23. The number of hydrogen-bond acceptors (Lipinski definition) is 4. The fourth-order valence-electron chi connectivity index (χ4n) is 1.39. The fourth-order valence-corrected chi connectivity index (χ4v) is 1.51. The minimum absolute atomic E-state index is 0.102. The van der Waals surface area contributed by atoms with Crippen LogP contribution in [0.2, 0.25) is 0 Å². The lowest BCUT2D eigenvalue weighted by Crippen LogP contribution is -2.45. The van der Waals surface area contributed by atoms with Crippen LogP contribution in [0.25, 0.3) is 0 Å². The maximum atomic E-state index is 11.8. The summed E-state index contributed by atoms with van der Waals surface area (Å²) in [5.41, 5.74) is 5.89. The van der Waals surface area contributed by atoms with E-state index in [1.807, 2.05) is 20.8 Å². The molecule has 6 nitrogen and oxygen atoms in total. The van der Waals surface area contributed by atoms with E-state index >= 15 is 0 Å². The van der Waals surface area contributed by atoms with Crippen molar-refractivity contribution in [3.63, 3.8) is 0 Å². The van der Waals surface area contributed by atoms with Crippen molar-refractivity contribution in [2.75, 3.05) is 6.54 Å². The quantitative estimate of drug-likeness (QED) is 0.697. The van der Waals surface area contributed by atoms with Gasteiger partial charge in [-0.15, -0.1) is 0 Å². The van der Waals surface area contributed by atoms with Crippen molar-refractivity contribution >= 4 is 29.0 Å². The molecule has 20 heavy (non-hydrogen) atoms. The third-order valence-corrected chi connectivity index (χ3v) is 2.44. The molecule has 0 aliphatic carbocycles. The number of hydrogen-bond donors (Lipinski definition) is 3. The summed E-state index contributed by atoms with van der Waals surface area (Å²) < 4.78 is 0. The molecule has 0 fully saturated rings. The summed E-state index contributed by atoms with van der Waals surface area (Å²) in [7, 11) is 0. The molecular formula is C13H18N4O2S. The lowest BCUT2D eigenvalue weighted by molar-refractivity contribution is -0.121. The highest BCUT2D eigenvalue weighted by Crippen LogP contribution is 2.00. The van der Waals surface area contributed by atoms with Gasteiger partial charge < -0.3 is 16.4 Å². The highest BCUT2D eigenvalue weighted by atomic mass is 32.1. The standard InChI is InChI=1S/C13H18N4O2S/c1-13(2,3)17-10(18)7-16-12(19)9-5-4-8(6-15-9)11(14)20/h4-6H,7H2,1-3H3,(H2,14,20)(H,16,19)(H,17,18). The highest BCUT2D eigenvalue weighted by Gasteiger charge is 2.15. The van der Waals surface area contributed by atoms with Crippen molar-refractivity contribution in [2.24, 2.45) is 5.73 Å². The lowest BCUT2D eigenvalue weighted by Gasteiger charge is -2.20. The van der Waals surface area contributed by atoms with Crippen molar-refractivity contribution < 1.29 is 9.59 Å². The molecule has 0 unspecified atom stereocenters. The molecule has 1 heterocycles. The molecule has 4 N–H and O–H groups in total. The monoisotopic (exact) mass is 294 g/mol. The number of thiocarbonyl (C=S) groups is 1. The Balaban J connectivity index is 2.55. The molecule has 0 aliphatic rings. The first-order chi connectivity index (χ1) is 9.19. The van der Waals surface area contributed by atoms with E-state index in [0.29, 0.717) is 5.56 Å². The van der Waals surface area contributed by atoms with Gasteiger partial charge in [0, 0.05) is 17.3 Å². The van der Waals surface area contributed by atoms with Crippen molar-refractivity contribution in [2.45, 2.75) is 26.3 Å². The predicted molar refractivity (Wildman–Crippen MR) is 80.4 cm³/mol. The van der Waals surface area contributed by atoms with Crippen LogP contribution in [0, 0.1) is 0 Å². The number of carbonyl (C=O) groups excluding carboxylic acids is 2. The second-order valence-corrected chi connectivity index (χ2v) is 5.72. The highest BCUT2D eigenvalue weighted by molar-refractivity contribution is 7.80. The van der Waals surface area contributed by atoms with E-state index in [-0.39, 0.29) is 28.7 Å². The van der Waals surface area contributed by atoms with E-state index < -0.39 is 5.91 Å². The van der Waals surface area contributed by atoms with Gasteiger partial charge in [-0.1, -0.05) is 12.2 Å². The molecule has 1 aromatic heterocycles. The average molecular weight is 294 g/mol. The normalized spacial score (nSPS) is 10.8. The van der Waals surface area contributed by atoms with Gasteiger partial charge in [-0.25, -0.2) is 0 Å². The first-order valence-electron chi connectivity index (χ1n) is 6.04. The van der Waals surface area contributed by atoms with Gasteiger partial charge in [0.15, 0.2) is 0 Å². The lowest BCUT2D eigenvalue weighted by atomic mass is 10.1. The van der Waals surface area contributed by atoms with Crippen LogP contribution in [0.4, 0.5) is 0 Å². The first-order valence-corrected chi connectivity index (χ1v) is 6.45. The molecule has 0 spiro atoms. The first kappa shape index (κ1) is 16.0. The molecular weight excluding hydrogens is 276 g/mol. The molecule has 0 aromatic carbocycles. The number of nitrogens with zero attached hydrogens (tertiary/aromatic N) is 1. The number of amides is 2. The largest absolute Gasteiger partial charge is 0.389 e. The van der Waals surface area contributed by atoms with E-state index in [9.17, 15) is 9.59 Å². The van der Waals surface area contributed by atoms with Gasteiger partial charge in [-0.3, -0.25) is 14.6 Å². The number of rotatable bonds is 4. The zero-order valence-corrected chi connectivity index (χ0v) is 12.5. The third-order valence-electron chi connectivity index (χ3n) is 2.20. The molecule has 0 aliphatic heterocycles. The molecule has 1 rings (SSSR count). The zero-order valence-electron chi connectivity index (χ0n) is 11.7. The molecule has 108 valence electrons. The van der Waals surface area contributed by atoms with Crippen LogP contribution in [0.1, 0.15) is 36.8 Å². The second kappa shape index (κ2) is 6.42. The Hall–Kier alpha value is -2.02. The van der Waals surface area contributed by atoms with Crippen molar-refractivity contribution in [3.8, 4) is 0 Å². The van der Waals surface area contributed by atoms with Crippen LogP contribution in [0.3, 0.4) is 0 Å². The minimum atomic E-state index is -0.427. The van der Waals surface area contributed by atoms with Crippen LogP contribution >= 0.6 is 12.2 Å². The maximum absolute atomic E-state index is 11.8. The smallest absolute Gasteiger partial charge is 0.270 e. The number of carbonyl (C=O) groups is 2. The van der Waals surface area contributed by atoms with Crippen molar-refractivity contribution in [1.29, 1.82) is 0 Å². The van der Waals surface area contributed by atoms with Crippen molar-refractivity contribution in [3.05, 3.63) is 29.6 Å². The zero-order chi connectivity index (χ0) is 15.3. The number of nitrogens with one attached hydrogen (secondary N) is 2. The Morgan fingerprint density at radius 3 is 2.45 bits per heavy atom. The van der Waals surface area contributed by atoms with Gasteiger partial charge in [0.25, 0.3) is 5.91 Å². The van der Waals surface area contributed by atoms with Gasteiger partial charge in [0.2, 0.25) is 5.91 Å². The summed E-state index contributed by atoms with van der Waals surface area (Å²) in [4.78, 5) is 27.5. The number of nitrogens with two attached hydrogens (primary N) is 1. The molecule has 0 saturated carbocycles. The molecule has 2 amide bonds. The van der Waals surface area contributed by atoms with Gasteiger partial charge in [-0.2, -0.15) is 0 Å². The Kier molecular flexibility index (Phi) is 5.15. The topological polar surface area (TPSA) is 97.1 Å². The molecule has 0 radical (unpaired) electrons. The molecule has 7 heteroatoms. The second-order valence-electron chi connectivity index (χ2n) is 5.28. The third kappa shape index (κ3) is 5.31. The Bertz CT molecular complexity index is 520. The van der Waals surface area contributed by atoms with E-state index in [2.05, 4.69) is 15.6 Å². The van der Waals surface area contributed by atoms with Crippen LogP contribution < -0.4 is 16.4 Å².